The van der Waals surface area contributed by atoms with Gasteiger partial charge in [-0.3, -0.25) is 0 Å². The minimum atomic E-state index is -0.833. The first-order valence-electron chi connectivity index (χ1n) is 6.28. The minimum Gasteiger partial charge on any atom is -0.389 e. The van der Waals surface area contributed by atoms with Gasteiger partial charge in [0.25, 0.3) is 0 Å². The number of aliphatic hydroxyl groups excluding tert-OH is 1. The van der Waals surface area contributed by atoms with Crippen LogP contribution in [0.4, 0.5) is 10.1 Å². The fourth-order valence-corrected chi connectivity index (χ4v) is 2.19. The van der Waals surface area contributed by atoms with Crippen LogP contribution in [0.15, 0.2) is 18.2 Å². The van der Waals surface area contributed by atoms with Gasteiger partial charge < -0.3 is 10.0 Å². The summed E-state index contributed by atoms with van der Waals surface area (Å²) in [4.78, 5) is 1.99. The molecule has 0 heterocycles. The number of aliphatic hydroxyl groups is 1. The molecule has 0 saturated heterocycles. The van der Waals surface area contributed by atoms with Gasteiger partial charge in [-0.15, -0.1) is 6.42 Å². The highest BCUT2D eigenvalue weighted by Crippen LogP contribution is 2.34. The average Bonchev–Trinajstić information content (AvgIpc) is 3.11. The van der Waals surface area contributed by atoms with Gasteiger partial charge in [0, 0.05) is 17.8 Å². The first-order chi connectivity index (χ1) is 8.63. The number of anilines is 1. The van der Waals surface area contributed by atoms with E-state index in [1.54, 1.807) is 13.0 Å². The summed E-state index contributed by atoms with van der Waals surface area (Å²) >= 11 is 0. The van der Waals surface area contributed by atoms with Crippen molar-refractivity contribution in [3.63, 3.8) is 0 Å². The fraction of sp³-hybridized carbons (Fsp3) is 0.467. The van der Waals surface area contributed by atoms with Crippen LogP contribution in [0.25, 0.3) is 0 Å². The maximum atomic E-state index is 13.8. The van der Waals surface area contributed by atoms with Gasteiger partial charge in [0.15, 0.2) is 0 Å². The summed E-state index contributed by atoms with van der Waals surface area (Å²) in [6, 6.07) is 4.86. The number of hydrogen-bond donors (Lipinski definition) is 1. The Hall–Kier alpha value is -1.53. The van der Waals surface area contributed by atoms with E-state index >= 15 is 0 Å². The normalized spacial score (nSPS) is 16.1. The minimum absolute atomic E-state index is 0.341. The lowest BCUT2D eigenvalue weighted by molar-refractivity contribution is 0.194. The van der Waals surface area contributed by atoms with Crippen molar-refractivity contribution in [1.82, 2.24) is 0 Å². The topological polar surface area (TPSA) is 23.5 Å². The van der Waals surface area contributed by atoms with E-state index in [2.05, 4.69) is 5.92 Å². The van der Waals surface area contributed by atoms with Crippen molar-refractivity contribution in [3.8, 4) is 12.3 Å². The number of nitrogens with zero attached hydrogens (tertiary/aromatic N) is 1. The fourth-order valence-electron chi connectivity index (χ4n) is 2.19. The van der Waals surface area contributed by atoms with Crippen LogP contribution in [0.1, 0.15) is 31.4 Å². The van der Waals surface area contributed by atoms with Crippen molar-refractivity contribution >= 4 is 5.69 Å². The molecule has 2 nitrogen and oxygen atoms in total. The van der Waals surface area contributed by atoms with Crippen molar-refractivity contribution in [1.29, 1.82) is 0 Å². The third kappa shape index (κ3) is 2.83. The zero-order chi connectivity index (χ0) is 13.1. The number of hydrogen-bond acceptors (Lipinski definition) is 2. The predicted molar refractivity (Wildman–Crippen MR) is 70.8 cm³/mol. The van der Waals surface area contributed by atoms with Crippen molar-refractivity contribution in [3.05, 3.63) is 29.6 Å². The van der Waals surface area contributed by atoms with Crippen LogP contribution in [-0.2, 0) is 0 Å². The highest BCUT2D eigenvalue weighted by atomic mass is 19.1. The summed E-state index contributed by atoms with van der Waals surface area (Å²) in [5.74, 6) is 2.89. The molecule has 1 saturated carbocycles. The van der Waals surface area contributed by atoms with Crippen LogP contribution < -0.4 is 4.90 Å². The second kappa shape index (κ2) is 5.41. The molecule has 96 valence electrons. The molecular weight excluding hydrogens is 229 g/mol. The van der Waals surface area contributed by atoms with Gasteiger partial charge in [0.2, 0.25) is 0 Å². The molecule has 1 aromatic carbocycles. The Kier molecular flexibility index (Phi) is 3.88. The monoisotopic (exact) mass is 247 g/mol. The Morgan fingerprint density at radius 1 is 1.56 bits per heavy atom. The van der Waals surface area contributed by atoms with Crippen LogP contribution in [0, 0.1) is 24.1 Å². The van der Waals surface area contributed by atoms with Crippen molar-refractivity contribution in [2.24, 2.45) is 5.92 Å². The van der Waals surface area contributed by atoms with Gasteiger partial charge in [-0.25, -0.2) is 4.39 Å². The van der Waals surface area contributed by atoms with E-state index in [0.29, 0.717) is 18.0 Å². The molecule has 0 aromatic heterocycles. The van der Waals surface area contributed by atoms with Gasteiger partial charge >= 0.3 is 0 Å². The molecule has 1 aliphatic carbocycles. The van der Waals surface area contributed by atoms with E-state index in [4.69, 9.17) is 6.42 Å². The molecular formula is C15H18FNO. The molecule has 1 unspecified atom stereocenters. The molecule has 1 fully saturated rings. The Bertz CT molecular complexity index is 460. The summed E-state index contributed by atoms with van der Waals surface area (Å²) in [5, 5.41) is 9.73. The average molecular weight is 247 g/mol. The van der Waals surface area contributed by atoms with Crippen LogP contribution in [0.5, 0.6) is 0 Å². The Morgan fingerprint density at radius 3 is 2.83 bits per heavy atom. The highest BCUT2D eigenvalue weighted by Gasteiger charge is 2.26. The second-order valence-electron chi connectivity index (χ2n) is 4.88. The number of rotatable bonds is 5. The lowest BCUT2D eigenvalue weighted by atomic mass is 10.1. The summed E-state index contributed by atoms with van der Waals surface area (Å²) < 4.78 is 13.8. The predicted octanol–water partition coefficient (Wildman–Crippen LogP) is 2.73. The molecule has 3 heteroatoms. The molecule has 0 aliphatic heterocycles. The quantitative estimate of drug-likeness (QED) is 0.809. The maximum absolute atomic E-state index is 13.8. The van der Waals surface area contributed by atoms with Gasteiger partial charge in [0.1, 0.15) is 5.82 Å². The van der Waals surface area contributed by atoms with E-state index in [9.17, 15) is 9.50 Å². The zero-order valence-electron chi connectivity index (χ0n) is 10.6. The second-order valence-corrected chi connectivity index (χ2v) is 4.88. The first-order valence-corrected chi connectivity index (χ1v) is 6.28. The van der Waals surface area contributed by atoms with Gasteiger partial charge in [-0.2, -0.15) is 0 Å². The summed E-state index contributed by atoms with van der Waals surface area (Å²) in [6.07, 6.45) is 6.96. The van der Waals surface area contributed by atoms with Crippen LogP contribution in [-0.4, -0.2) is 18.2 Å². The SMILES string of the molecule is C#CCN(CC1CC1)c1cccc(F)c1C(C)O. The van der Waals surface area contributed by atoms with E-state index < -0.39 is 6.10 Å². The maximum Gasteiger partial charge on any atom is 0.131 e. The number of terminal acetylenes is 1. The molecule has 18 heavy (non-hydrogen) atoms. The third-order valence-corrected chi connectivity index (χ3v) is 3.25. The van der Waals surface area contributed by atoms with Crippen molar-refractivity contribution < 1.29 is 9.50 Å². The van der Waals surface area contributed by atoms with Crippen LogP contribution in [0.2, 0.25) is 0 Å². The van der Waals surface area contributed by atoms with E-state index in [0.717, 1.165) is 12.2 Å². The van der Waals surface area contributed by atoms with Crippen molar-refractivity contribution in [2.45, 2.75) is 25.9 Å². The Labute approximate surface area is 107 Å². The molecule has 0 spiro atoms. The lowest BCUT2D eigenvalue weighted by Gasteiger charge is -2.26. The Morgan fingerprint density at radius 2 is 2.28 bits per heavy atom. The molecule has 0 amide bonds. The molecule has 1 aromatic rings. The van der Waals surface area contributed by atoms with E-state index in [1.165, 1.54) is 18.9 Å². The standard InChI is InChI=1S/C15H18FNO/c1-3-9-17(10-12-7-8-12)14-6-4-5-13(16)15(14)11(2)18/h1,4-6,11-12,18H,7-10H2,2H3. The molecule has 2 rings (SSSR count). The Balaban J connectivity index is 2.33. The largest absolute Gasteiger partial charge is 0.389 e. The highest BCUT2D eigenvalue weighted by molar-refractivity contribution is 5.56. The molecule has 0 bridgehead atoms. The third-order valence-electron chi connectivity index (χ3n) is 3.25. The number of benzene rings is 1. The van der Waals surface area contributed by atoms with Crippen LogP contribution >= 0.6 is 0 Å². The van der Waals surface area contributed by atoms with Gasteiger partial charge in [-0.05, 0) is 37.8 Å². The zero-order valence-corrected chi connectivity index (χ0v) is 10.6. The number of halogens is 1. The summed E-state index contributed by atoms with van der Waals surface area (Å²) in [6.45, 7) is 2.86. The van der Waals surface area contributed by atoms with Gasteiger partial charge in [0.05, 0.1) is 12.6 Å². The lowest BCUT2D eigenvalue weighted by Crippen LogP contribution is -2.27. The molecule has 0 radical (unpaired) electrons. The molecule has 1 atom stereocenters. The smallest absolute Gasteiger partial charge is 0.131 e. The van der Waals surface area contributed by atoms with E-state index in [-0.39, 0.29) is 5.82 Å². The molecule has 1 N–H and O–H groups in total. The molecule has 1 aliphatic rings. The van der Waals surface area contributed by atoms with Crippen LogP contribution in [0.3, 0.4) is 0 Å². The first kappa shape index (κ1) is 12.9. The van der Waals surface area contributed by atoms with E-state index in [1.807, 2.05) is 11.0 Å². The summed E-state index contributed by atoms with van der Waals surface area (Å²) in [7, 11) is 0. The summed E-state index contributed by atoms with van der Waals surface area (Å²) in [5.41, 5.74) is 1.06. The van der Waals surface area contributed by atoms with Crippen molar-refractivity contribution in [2.75, 3.05) is 18.0 Å². The van der Waals surface area contributed by atoms with Gasteiger partial charge in [-0.1, -0.05) is 12.0 Å².